The second-order valence-corrected chi connectivity index (χ2v) is 5.18. The van der Waals surface area contributed by atoms with Gasteiger partial charge in [0.15, 0.2) is 11.6 Å². The van der Waals surface area contributed by atoms with E-state index in [9.17, 15) is 8.78 Å². The minimum atomic E-state index is -0.921. The third-order valence-electron chi connectivity index (χ3n) is 3.51. The largest absolute Gasteiger partial charge is 0.480 e. The quantitative estimate of drug-likeness (QED) is 0.820. The van der Waals surface area contributed by atoms with Gasteiger partial charge >= 0.3 is 0 Å². The van der Waals surface area contributed by atoms with E-state index in [4.69, 9.17) is 9.84 Å². The number of benzene rings is 1. The van der Waals surface area contributed by atoms with Gasteiger partial charge in [0.1, 0.15) is 0 Å². The molecule has 2 aromatic rings. The topological polar surface area (TPSA) is 67.3 Å². The van der Waals surface area contributed by atoms with E-state index in [1.165, 1.54) is 13.3 Å². The van der Waals surface area contributed by atoms with Crippen molar-refractivity contribution in [2.75, 3.05) is 19.0 Å². The molecule has 0 spiro atoms. The summed E-state index contributed by atoms with van der Waals surface area (Å²) in [5.41, 5.74) is 1.32. The molecule has 0 bridgehead atoms. The molecule has 124 valence electrons. The van der Waals surface area contributed by atoms with E-state index in [0.29, 0.717) is 30.2 Å². The van der Waals surface area contributed by atoms with E-state index in [-0.39, 0.29) is 18.1 Å². The monoisotopic (exact) mass is 323 g/mol. The average molecular weight is 323 g/mol. The summed E-state index contributed by atoms with van der Waals surface area (Å²) < 4.78 is 32.5. The van der Waals surface area contributed by atoms with Gasteiger partial charge in [-0.15, -0.1) is 0 Å². The zero-order valence-electron chi connectivity index (χ0n) is 13.0. The van der Waals surface area contributed by atoms with Crippen LogP contribution in [-0.4, -0.2) is 28.8 Å². The Morgan fingerprint density at radius 1 is 1.26 bits per heavy atom. The van der Waals surface area contributed by atoms with Crippen molar-refractivity contribution < 1.29 is 18.6 Å². The summed E-state index contributed by atoms with van der Waals surface area (Å²) in [6.07, 6.45) is 3.39. The molecule has 0 aliphatic rings. The first kappa shape index (κ1) is 17.1. The average Bonchev–Trinajstić information content (AvgIpc) is 2.56. The predicted molar refractivity (Wildman–Crippen MR) is 82.4 cm³/mol. The van der Waals surface area contributed by atoms with Crippen molar-refractivity contribution in [3.63, 3.8) is 0 Å². The molecule has 0 amide bonds. The third-order valence-corrected chi connectivity index (χ3v) is 3.51. The predicted octanol–water partition coefficient (Wildman–Crippen LogP) is 2.86. The number of halogens is 2. The van der Waals surface area contributed by atoms with Crippen LogP contribution in [-0.2, 0) is 6.54 Å². The summed E-state index contributed by atoms with van der Waals surface area (Å²) >= 11 is 0. The van der Waals surface area contributed by atoms with Gasteiger partial charge in [0.2, 0.25) is 5.88 Å². The number of rotatable bonds is 7. The van der Waals surface area contributed by atoms with Crippen molar-refractivity contribution in [3.05, 3.63) is 47.4 Å². The van der Waals surface area contributed by atoms with E-state index >= 15 is 0 Å². The molecule has 1 atom stereocenters. The zero-order valence-corrected chi connectivity index (χ0v) is 13.0. The van der Waals surface area contributed by atoms with Crippen molar-refractivity contribution in [1.82, 2.24) is 9.97 Å². The van der Waals surface area contributed by atoms with Crippen LogP contribution in [0.1, 0.15) is 30.5 Å². The van der Waals surface area contributed by atoms with Crippen LogP contribution in [0.25, 0.3) is 0 Å². The number of anilines is 1. The fourth-order valence-corrected chi connectivity index (χ4v) is 2.15. The molecule has 0 saturated carbocycles. The van der Waals surface area contributed by atoms with Crippen LogP contribution in [0.2, 0.25) is 0 Å². The lowest BCUT2D eigenvalue weighted by Crippen LogP contribution is -2.07. The maximum Gasteiger partial charge on any atom is 0.231 e. The second-order valence-electron chi connectivity index (χ2n) is 5.18. The number of aliphatic hydroxyl groups excluding tert-OH is 1. The van der Waals surface area contributed by atoms with Crippen molar-refractivity contribution in [3.8, 4) is 5.88 Å². The molecule has 0 fully saturated rings. The number of methoxy groups -OCH3 is 1. The lowest BCUT2D eigenvalue weighted by Gasteiger charge is -2.15. The number of hydrogen-bond acceptors (Lipinski definition) is 5. The summed E-state index contributed by atoms with van der Waals surface area (Å²) in [4.78, 5) is 8.17. The molecule has 0 aliphatic heterocycles. The zero-order chi connectivity index (χ0) is 16.8. The van der Waals surface area contributed by atoms with Gasteiger partial charge in [0.25, 0.3) is 0 Å². The molecule has 23 heavy (non-hydrogen) atoms. The summed E-state index contributed by atoms with van der Waals surface area (Å²) in [5, 5.41) is 12.0. The highest BCUT2D eigenvalue weighted by atomic mass is 19.2. The maximum absolute atomic E-state index is 13.9. The van der Waals surface area contributed by atoms with Gasteiger partial charge in [-0.05, 0) is 24.0 Å². The molecule has 1 aromatic carbocycles. The van der Waals surface area contributed by atoms with Crippen LogP contribution in [0.5, 0.6) is 5.88 Å². The van der Waals surface area contributed by atoms with Crippen molar-refractivity contribution in [2.24, 2.45) is 0 Å². The standard InChI is InChI=1S/C16H19F2N3O2/c1-10(3-4-22)13-5-11(6-14(17)16(13)18)19-7-12-8-21-15(23-2)9-20-12/h5-6,8-10,19,22H,3-4,7H2,1-2H3. The Balaban J connectivity index is 2.12. The summed E-state index contributed by atoms with van der Waals surface area (Å²) in [6, 6.07) is 2.65. The number of nitrogens with zero attached hydrogens (tertiary/aromatic N) is 2. The van der Waals surface area contributed by atoms with Crippen LogP contribution in [0.3, 0.4) is 0 Å². The van der Waals surface area contributed by atoms with Gasteiger partial charge in [-0.2, -0.15) is 0 Å². The van der Waals surface area contributed by atoms with E-state index < -0.39 is 11.6 Å². The molecule has 2 rings (SSSR count). The molecule has 7 heteroatoms. The van der Waals surface area contributed by atoms with Gasteiger partial charge in [0.05, 0.1) is 31.7 Å². The summed E-state index contributed by atoms with van der Waals surface area (Å²) in [5.74, 6) is -1.67. The van der Waals surface area contributed by atoms with Crippen LogP contribution in [0, 0.1) is 11.6 Å². The van der Waals surface area contributed by atoms with Gasteiger partial charge in [-0.25, -0.2) is 13.8 Å². The van der Waals surface area contributed by atoms with Gasteiger partial charge < -0.3 is 15.2 Å². The number of ether oxygens (including phenoxy) is 1. The van der Waals surface area contributed by atoms with Gasteiger partial charge in [0, 0.05) is 18.4 Å². The SMILES string of the molecule is COc1cnc(CNc2cc(F)c(F)c(C(C)CCO)c2)cn1. The third kappa shape index (κ3) is 4.35. The Kier molecular flexibility index (Phi) is 5.81. The number of nitrogens with one attached hydrogen (secondary N) is 1. The number of hydrogen-bond donors (Lipinski definition) is 2. The smallest absolute Gasteiger partial charge is 0.231 e. The summed E-state index contributed by atoms with van der Waals surface area (Å²) in [7, 11) is 1.50. The molecule has 0 aliphatic carbocycles. The van der Waals surface area contributed by atoms with Crippen molar-refractivity contribution >= 4 is 5.69 Å². The minimum Gasteiger partial charge on any atom is -0.480 e. The number of aromatic nitrogens is 2. The Labute approximate surface area is 133 Å². The van der Waals surface area contributed by atoms with Crippen LogP contribution in [0.15, 0.2) is 24.5 Å². The lowest BCUT2D eigenvalue weighted by atomic mass is 9.97. The molecule has 1 aromatic heterocycles. The van der Waals surface area contributed by atoms with Crippen molar-refractivity contribution in [2.45, 2.75) is 25.8 Å². The van der Waals surface area contributed by atoms with Crippen LogP contribution >= 0.6 is 0 Å². The first-order valence-electron chi connectivity index (χ1n) is 7.23. The first-order chi connectivity index (χ1) is 11.0. The highest BCUT2D eigenvalue weighted by Gasteiger charge is 2.16. The lowest BCUT2D eigenvalue weighted by molar-refractivity contribution is 0.277. The minimum absolute atomic E-state index is 0.0820. The molecule has 0 radical (unpaired) electrons. The Hall–Kier alpha value is -2.28. The molecule has 5 nitrogen and oxygen atoms in total. The van der Waals surface area contributed by atoms with Crippen molar-refractivity contribution in [1.29, 1.82) is 0 Å². The Morgan fingerprint density at radius 3 is 2.65 bits per heavy atom. The molecule has 2 N–H and O–H groups in total. The fraction of sp³-hybridized carbons (Fsp3) is 0.375. The van der Waals surface area contributed by atoms with Gasteiger partial charge in [-0.3, -0.25) is 4.98 Å². The Bertz CT molecular complexity index is 651. The number of aliphatic hydroxyl groups is 1. The van der Waals surface area contributed by atoms with Gasteiger partial charge in [-0.1, -0.05) is 6.92 Å². The van der Waals surface area contributed by atoms with E-state index in [1.54, 1.807) is 19.2 Å². The highest BCUT2D eigenvalue weighted by molar-refractivity contribution is 5.48. The molecule has 0 saturated heterocycles. The second kappa shape index (κ2) is 7.82. The highest BCUT2D eigenvalue weighted by Crippen LogP contribution is 2.27. The van der Waals surface area contributed by atoms with Crippen LogP contribution in [0.4, 0.5) is 14.5 Å². The maximum atomic E-state index is 13.9. The van der Waals surface area contributed by atoms with E-state index in [1.807, 2.05) is 0 Å². The molecule has 1 heterocycles. The molecular formula is C16H19F2N3O2. The van der Waals surface area contributed by atoms with Crippen LogP contribution < -0.4 is 10.1 Å². The molecular weight excluding hydrogens is 304 g/mol. The normalized spacial score (nSPS) is 12.0. The molecule has 1 unspecified atom stereocenters. The Morgan fingerprint density at radius 2 is 2.04 bits per heavy atom. The van der Waals surface area contributed by atoms with E-state index in [0.717, 1.165) is 6.07 Å². The fourth-order valence-electron chi connectivity index (χ4n) is 2.15. The summed E-state index contributed by atoms with van der Waals surface area (Å²) in [6.45, 7) is 1.98. The van der Waals surface area contributed by atoms with E-state index in [2.05, 4.69) is 15.3 Å². The first-order valence-corrected chi connectivity index (χ1v) is 7.23.